The zero-order valence-corrected chi connectivity index (χ0v) is 13.0. The topological polar surface area (TPSA) is 53.1 Å². The molecule has 0 unspecified atom stereocenters. The van der Waals surface area contributed by atoms with Crippen LogP contribution in [0.4, 0.5) is 0 Å². The Labute approximate surface area is 132 Å². The maximum absolute atomic E-state index is 5.85. The van der Waals surface area contributed by atoms with Gasteiger partial charge in [0.1, 0.15) is 5.69 Å². The van der Waals surface area contributed by atoms with Gasteiger partial charge in [-0.2, -0.15) is 0 Å². The summed E-state index contributed by atoms with van der Waals surface area (Å²) in [5, 5.41) is 8.47. The van der Waals surface area contributed by atoms with Crippen molar-refractivity contribution in [2.45, 2.75) is 31.9 Å². The van der Waals surface area contributed by atoms with Crippen molar-refractivity contribution >= 4 is 11.3 Å². The second-order valence-corrected chi connectivity index (χ2v) is 6.61. The molecule has 1 aliphatic heterocycles. The molecule has 5 nitrogen and oxygen atoms in total. The van der Waals surface area contributed by atoms with Gasteiger partial charge in [0.15, 0.2) is 0 Å². The molecule has 0 spiro atoms. The first-order valence-electron chi connectivity index (χ1n) is 7.51. The summed E-state index contributed by atoms with van der Waals surface area (Å²) in [5.41, 5.74) is 1.99. The highest BCUT2D eigenvalue weighted by Crippen LogP contribution is 2.35. The van der Waals surface area contributed by atoms with E-state index in [9.17, 15) is 0 Å². The van der Waals surface area contributed by atoms with Crippen LogP contribution >= 0.6 is 11.3 Å². The van der Waals surface area contributed by atoms with E-state index >= 15 is 0 Å². The van der Waals surface area contributed by atoms with Crippen molar-refractivity contribution in [1.29, 1.82) is 0 Å². The third kappa shape index (κ3) is 2.84. The third-order valence-electron chi connectivity index (χ3n) is 3.84. The molecule has 0 N–H and O–H groups in total. The van der Waals surface area contributed by atoms with Crippen LogP contribution in [0.1, 0.15) is 35.8 Å². The highest BCUT2D eigenvalue weighted by atomic mass is 32.1. The Morgan fingerprint density at radius 1 is 1.27 bits per heavy atom. The molecule has 6 heteroatoms. The molecule has 0 radical (unpaired) electrons. The second kappa shape index (κ2) is 6.06. The van der Waals surface area contributed by atoms with Gasteiger partial charge < -0.3 is 9.15 Å². The molecule has 0 aliphatic carbocycles. The fraction of sp³-hybridized carbons (Fsp3) is 0.375. The van der Waals surface area contributed by atoms with E-state index < -0.39 is 0 Å². The summed E-state index contributed by atoms with van der Waals surface area (Å²) in [6, 6.07) is 6.21. The standard InChI is InChI=1S/C16H17N3O2S/c1-2-7-21-14(3-1)16-5-4-15(22-16)13-10-19(18-17-13)9-12-6-8-20-11-12/h4-6,8,10-11,14H,1-3,7,9H2/t14-/m1/s1. The van der Waals surface area contributed by atoms with E-state index in [0.29, 0.717) is 6.54 Å². The second-order valence-electron chi connectivity index (χ2n) is 5.49. The van der Waals surface area contributed by atoms with Crippen LogP contribution in [0.3, 0.4) is 0 Å². The number of rotatable bonds is 4. The molecule has 4 heterocycles. The molecule has 0 bridgehead atoms. The van der Waals surface area contributed by atoms with Gasteiger partial charge >= 0.3 is 0 Å². The predicted molar refractivity (Wildman–Crippen MR) is 83.7 cm³/mol. The smallest absolute Gasteiger partial charge is 0.123 e. The van der Waals surface area contributed by atoms with Crippen LogP contribution in [0.5, 0.6) is 0 Å². The SMILES string of the molecule is c1cc(Cn2cc(-c3ccc([C@H]4CCCCO4)s3)nn2)co1. The number of hydrogen-bond acceptors (Lipinski definition) is 5. The van der Waals surface area contributed by atoms with Crippen molar-refractivity contribution in [2.24, 2.45) is 0 Å². The Morgan fingerprint density at radius 2 is 2.27 bits per heavy atom. The van der Waals surface area contributed by atoms with Crippen LogP contribution in [-0.2, 0) is 11.3 Å². The van der Waals surface area contributed by atoms with Gasteiger partial charge in [0.2, 0.25) is 0 Å². The molecule has 0 aromatic carbocycles. The highest BCUT2D eigenvalue weighted by molar-refractivity contribution is 7.15. The molecule has 22 heavy (non-hydrogen) atoms. The predicted octanol–water partition coefficient (Wildman–Crippen LogP) is 3.89. The summed E-state index contributed by atoms with van der Waals surface area (Å²) in [5.74, 6) is 0. The van der Waals surface area contributed by atoms with Crippen LogP contribution in [0, 0.1) is 0 Å². The summed E-state index contributed by atoms with van der Waals surface area (Å²) in [4.78, 5) is 2.43. The van der Waals surface area contributed by atoms with Crippen LogP contribution in [0.25, 0.3) is 10.6 Å². The van der Waals surface area contributed by atoms with Crippen LogP contribution in [0.15, 0.2) is 41.3 Å². The van der Waals surface area contributed by atoms with E-state index in [1.165, 1.54) is 17.7 Å². The average molecular weight is 315 g/mol. The fourth-order valence-electron chi connectivity index (χ4n) is 2.69. The van der Waals surface area contributed by atoms with Gasteiger partial charge in [-0.25, -0.2) is 4.68 Å². The van der Waals surface area contributed by atoms with Gasteiger partial charge in [-0.1, -0.05) is 5.21 Å². The molecule has 3 aromatic rings. The van der Waals surface area contributed by atoms with Crippen molar-refractivity contribution in [2.75, 3.05) is 6.61 Å². The molecule has 0 amide bonds. The summed E-state index contributed by atoms with van der Waals surface area (Å²) >= 11 is 1.75. The van der Waals surface area contributed by atoms with Gasteiger partial charge in [-0.15, -0.1) is 16.4 Å². The van der Waals surface area contributed by atoms with Crippen LogP contribution in [-0.4, -0.2) is 21.6 Å². The Kier molecular flexibility index (Phi) is 3.78. The largest absolute Gasteiger partial charge is 0.472 e. The van der Waals surface area contributed by atoms with E-state index in [1.54, 1.807) is 23.9 Å². The first-order valence-corrected chi connectivity index (χ1v) is 8.33. The summed E-state index contributed by atoms with van der Waals surface area (Å²) in [6.45, 7) is 1.55. The lowest BCUT2D eigenvalue weighted by atomic mass is 10.1. The fourth-order valence-corrected chi connectivity index (χ4v) is 3.73. The lowest BCUT2D eigenvalue weighted by molar-refractivity contribution is 0.0172. The third-order valence-corrected chi connectivity index (χ3v) is 5.04. The molecule has 0 saturated carbocycles. The molecular formula is C16H17N3O2S. The zero-order valence-electron chi connectivity index (χ0n) is 12.1. The zero-order chi connectivity index (χ0) is 14.8. The molecule has 1 aliphatic rings. The van der Waals surface area contributed by atoms with Crippen molar-refractivity contribution in [3.63, 3.8) is 0 Å². The monoisotopic (exact) mass is 315 g/mol. The van der Waals surface area contributed by atoms with E-state index in [0.717, 1.165) is 29.2 Å². The van der Waals surface area contributed by atoms with Crippen LogP contribution in [0.2, 0.25) is 0 Å². The number of hydrogen-bond donors (Lipinski definition) is 0. The van der Waals surface area contributed by atoms with Crippen molar-refractivity contribution in [3.8, 4) is 10.6 Å². The van der Waals surface area contributed by atoms with Crippen LogP contribution < -0.4 is 0 Å². The van der Waals surface area contributed by atoms with Gasteiger partial charge in [-0.05, 0) is 37.5 Å². The van der Waals surface area contributed by atoms with E-state index in [2.05, 4.69) is 22.4 Å². The van der Waals surface area contributed by atoms with Gasteiger partial charge in [0, 0.05) is 17.0 Å². The Bertz CT molecular complexity index is 726. The normalized spacial score (nSPS) is 18.6. The molecule has 3 aromatic heterocycles. The minimum absolute atomic E-state index is 0.258. The molecule has 1 saturated heterocycles. The lowest BCUT2D eigenvalue weighted by Crippen LogP contribution is -2.09. The molecule has 1 atom stereocenters. The average Bonchev–Trinajstić information content (AvgIpc) is 3.30. The quantitative estimate of drug-likeness (QED) is 0.733. The van der Waals surface area contributed by atoms with Gasteiger partial charge in [0.25, 0.3) is 0 Å². The number of ether oxygens (including phenoxy) is 1. The van der Waals surface area contributed by atoms with Crippen molar-refractivity contribution in [1.82, 2.24) is 15.0 Å². The van der Waals surface area contributed by atoms with Gasteiger partial charge in [0.05, 0.1) is 36.2 Å². The minimum Gasteiger partial charge on any atom is -0.472 e. The van der Waals surface area contributed by atoms with Gasteiger partial charge in [-0.3, -0.25) is 0 Å². The maximum Gasteiger partial charge on any atom is 0.123 e. The molecular weight excluding hydrogens is 298 g/mol. The molecule has 1 fully saturated rings. The lowest BCUT2D eigenvalue weighted by Gasteiger charge is -2.21. The Balaban J connectivity index is 1.50. The first kappa shape index (κ1) is 13.7. The highest BCUT2D eigenvalue weighted by Gasteiger charge is 2.18. The summed E-state index contributed by atoms with van der Waals surface area (Å²) in [6.07, 6.45) is 9.18. The summed E-state index contributed by atoms with van der Waals surface area (Å²) in [7, 11) is 0. The number of furan rings is 1. The Hall–Kier alpha value is -1.92. The van der Waals surface area contributed by atoms with Crippen molar-refractivity contribution in [3.05, 3.63) is 47.4 Å². The molecule has 114 valence electrons. The molecule has 4 rings (SSSR count). The summed E-state index contributed by atoms with van der Waals surface area (Å²) < 4.78 is 12.8. The number of aromatic nitrogens is 3. The number of thiophene rings is 1. The van der Waals surface area contributed by atoms with E-state index in [1.807, 2.05) is 16.9 Å². The maximum atomic E-state index is 5.85. The minimum atomic E-state index is 0.258. The van der Waals surface area contributed by atoms with Crippen molar-refractivity contribution < 1.29 is 9.15 Å². The van der Waals surface area contributed by atoms with E-state index in [4.69, 9.17) is 9.15 Å². The Morgan fingerprint density at radius 3 is 3.09 bits per heavy atom. The first-order chi connectivity index (χ1) is 10.9. The van der Waals surface area contributed by atoms with E-state index in [-0.39, 0.29) is 6.10 Å². The number of nitrogens with zero attached hydrogens (tertiary/aromatic N) is 3.